The first-order chi connectivity index (χ1) is 16.4. The molecule has 2 heterocycles. The lowest BCUT2D eigenvalue weighted by Crippen LogP contribution is -2.42. The standard InChI is InChI=1S/C23H28F2N4O3S.C2H6/c1-12-14(23(2,3)32)9-15(24)19(20(12)25)16(6-7-17(26)30)33-11-27-18-8-5-13-10-29(4)22(31)21(13)28-18;1-2/h5-6,8-9,21,27-28,32H,7,10-11H2,1-4H3,(H2,26,30);1-2H3/b16-6-;. The number of allylic oxidation sites excluding steroid dienone is 2. The van der Waals surface area contributed by atoms with Crippen molar-refractivity contribution in [3.8, 4) is 0 Å². The van der Waals surface area contributed by atoms with Crippen LogP contribution in [0.2, 0.25) is 0 Å². The number of rotatable bonds is 8. The van der Waals surface area contributed by atoms with Crippen LogP contribution in [0.4, 0.5) is 8.78 Å². The largest absolute Gasteiger partial charge is 0.386 e. The summed E-state index contributed by atoms with van der Waals surface area (Å²) in [6, 6.07) is 0.684. The number of nitrogens with zero attached hydrogens (tertiary/aromatic N) is 1. The summed E-state index contributed by atoms with van der Waals surface area (Å²) in [5.74, 6) is -1.52. The summed E-state index contributed by atoms with van der Waals surface area (Å²) >= 11 is 1.09. The van der Waals surface area contributed by atoms with Gasteiger partial charge in [0, 0.05) is 24.9 Å². The fraction of sp³-hybridized carbons (Fsp3) is 0.440. The van der Waals surface area contributed by atoms with Crippen LogP contribution < -0.4 is 16.4 Å². The second-order valence-corrected chi connectivity index (χ2v) is 9.59. The third kappa shape index (κ3) is 6.64. The molecule has 1 fully saturated rings. The van der Waals surface area contributed by atoms with E-state index in [4.69, 9.17) is 5.73 Å². The highest BCUT2D eigenvalue weighted by Gasteiger charge is 2.35. The van der Waals surface area contributed by atoms with Crippen LogP contribution in [0, 0.1) is 18.6 Å². The number of dihydropyridines is 1. The van der Waals surface area contributed by atoms with Gasteiger partial charge in [-0.1, -0.05) is 26.0 Å². The molecule has 1 aromatic carbocycles. The lowest BCUT2D eigenvalue weighted by molar-refractivity contribution is -0.128. The van der Waals surface area contributed by atoms with Gasteiger partial charge in [0.1, 0.15) is 23.5 Å². The number of nitrogens with one attached hydrogen (secondary N) is 2. The number of carbonyl (C=O) groups excluding carboxylic acids is 2. The quantitative estimate of drug-likeness (QED) is 0.402. The van der Waals surface area contributed by atoms with Crippen molar-refractivity contribution in [1.82, 2.24) is 15.5 Å². The van der Waals surface area contributed by atoms with Gasteiger partial charge in [-0.3, -0.25) is 9.59 Å². The minimum absolute atomic E-state index is 0.0325. The summed E-state index contributed by atoms with van der Waals surface area (Å²) in [5, 5.41) is 16.5. The SMILES string of the molecule is CC.Cc1c(C(C)(C)O)cc(F)c(/C(=C/CC(N)=O)SCNC2=CC=C3CN(C)C(=O)C3N2)c1F. The maximum atomic E-state index is 15.2. The number of benzene rings is 1. The molecule has 1 saturated heterocycles. The van der Waals surface area contributed by atoms with Crippen LogP contribution in [0.5, 0.6) is 0 Å². The topological polar surface area (TPSA) is 108 Å². The molecule has 0 bridgehead atoms. The highest BCUT2D eigenvalue weighted by atomic mass is 32.2. The summed E-state index contributed by atoms with van der Waals surface area (Å²) < 4.78 is 30.2. The molecule has 2 amide bonds. The van der Waals surface area contributed by atoms with E-state index in [0.717, 1.165) is 23.4 Å². The molecule has 1 atom stereocenters. The zero-order valence-corrected chi connectivity index (χ0v) is 21.8. The number of fused-ring (bicyclic) bond motifs is 1. The predicted octanol–water partition coefficient (Wildman–Crippen LogP) is 3.24. The van der Waals surface area contributed by atoms with E-state index in [0.29, 0.717) is 12.4 Å². The van der Waals surface area contributed by atoms with Gasteiger partial charge in [-0.25, -0.2) is 8.78 Å². The second-order valence-electron chi connectivity index (χ2n) is 8.58. The van der Waals surface area contributed by atoms with Gasteiger partial charge in [0.15, 0.2) is 0 Å². The number of hydrogen-bond acceptors (Lipinski definition) is 6. The average molecular weight is 509 g/mol. The molecule has 0 radical (unpaired) electrons. The first-order valence-electron chi connectivity index (χ1n) is 11.4. The Morgan fingerprint density at radius 2 is 2.03 bits per heavy atom. The Labute approximate surface area is 209 Å². The predicted molar refractivity (Wildman–Crippen MR) is 136 cm³/mol. The number of likely N-dealkylation sites (tertiary alicyclic amines) is 1. The molecule has 1 aromatic rings. The van der Waals surface area contributed by atoms with Gasteiger partial charge in [0.2, 0.25) is 11.8 Å². The fourth-order valence-electron chi connectivity index (χ4n) is 3.83. The van der Waals surface area contributed by atoms with Crippen LogP contribution in [0.25, 0.3) is 4.91 Å². The van der Waals surface area contributed by atoms with Crippen LogP contribution in [0.15, 0.2) is 35.7 Å². The zero-order valence-electron chi connectivity index (χ0n) is 21.0. The number of hydrogen-bond donors (Lipinski definition) is 4. The van der Waals surface area contributed by atoms with Crippen LogP contribution in [0.1, 0.15) is 50.8 Å². The van der Waals surface area contributed by atoms with Crippen molar-refractivity contribution in [1.29, 1.82) is 0 Å². The molecule has 0 spiro atoms. The number of thioether (sulfide) groups is 1. The molecule has 7 nitrogen and oxygen atoms in total. The van der Waals surface area contributed by atoms with Crippen molar-refractivity contribution in [2.24, 2.45) is 5.73 Å². The van der Waals surface area contributed by atoms with E-state index in [1.807, 2.05) is 19.9 Å². The van der Waals surface area contributed by atoms with E-state index in [1.54, 1.807) is 18.0 Å². The Hall–Kier alpha value is -2.85. The monoisotopic (exact) mass is 508 g/mol. The third-order valence-electron chi connectivity index (χ3n) is 5.52. The molecule has 1 unspecified atom stereocenters. The minimum Gasteiger partial charge on any atom is -0.386 e. The van der Waals surface area contributed by atoms with Gasteiger partial charge in [-0.05, 0) is 49.6 Å². The van der Waals surface area contributed by atoms with E-state index in [9.17, 15) is 19.1 Å². The van der Waals surface area contributed by atoms with Gasteiger partial charge in [0.05, 0.1) is 17.0 Å². The number of amides is 2. The lowest BCUT2D eigenvalue weighted by atomic mass is 9.91. The Balaban J connectivity index is 0.00000210. The average Bonchev–Trinajstić information content (AvgIpc) is 3.08. The minimum atomic E-state index is -1.42. The first kappa shape index (κ1) is 28.4. The molecule has 0 saturated carbocycles. The molecule has 35 heavy (non-hydrogen) atoms. The number of nitrogens with two attached hydrogens (primary N) is 1. The number of carbonyl (C=O) groups is 2. The Morgan fingerprint density at radius 1 is 1.37 bits per heavy atom. The second kappa shape index (κ2) is 11.7. The molecule has 0 aliphatic carbocycles. The lowest BCUT2D eigenvalue weighted by Gasteiger charge is -2.23. The van der Waals surface area contributed by atoms with Crippen LogP contribution >= 0.6 is 11.8 Å². The van der Waals surface area contributed by atoms with E-state index in [-0.39, 0.29) is 39.8 Å². The summed E-state index contributed by atoms with van der Waals surface area (Å²) in [4.78, 5) is 25.4. The van der Waals surface area contributed by atoms with Gasteiger partial charge >= 0.3 is 0 Å². The Bertz CT molecular complexity index is 1080. The van der Waals surface area contributed by atoms with Gasteiger partial charge < -0.3 is 26.4 Å². The van der Waals surface area contributed by atoms with Crippen molar-refractivity contribution in [2.45, 2.75) is 52.7 Å². The van der Waals surface area contributed by atoms with E-state index >= 15 is 4.39 Å². The maximum absolute atomic E-state index is 15.2. The highest BCUT2D eigenvalue weighted by Crippen LogP contribution is 2.36. The van der Waals surface area contributed by atoms with Crippen LogP contribution in [-0.4, -0.2) is 47.3 Å². The molecule has 0 aromatic heterocycles. The van der Waals surface area contributed by atoms with E-state index in [2.05, 4.69) is 10.6 Å². The van der Waals surface area contributed by atoms with Crippen molar-refractivity contribution in [2.75, 3.05) is 19.5 Å². The van der Waals surface area contributed by atoms with Crippen molar-refractivity contribution >= 4 is 28.5 Å². The fourth-order valence-corrected chi connectivity index (χ4v) is 4.74. The number of primary amides is 1. The molecular weight excluding hydrogens is 474 g/mol. The van der Waals surface area contributed by atoms with Crippen molar-refractivity contribution < 1.29 is 23.5 Å². The van der Waals surface area contributed by atoms with Gasteiger partial charge in [0.25, 0.3) is 0 Å². The van der Waals surface area contributed by atoms with E-state index in [1.165, 1.54) is 26.8 Å². The first-order valence-corrected chi connectivity index (χ1v) is 12.4. The summed E-state index contributed by atoms with van der Waals surface area (Å²) in [7, 11) is 1.73. The molecular formula is C25H34F2N4O3S. The highest BCUT2D eigenvalue weighted by molar-refractivity contribution is 8.08. The maximum Gasteiger partial charge on any atom is 0.249 e. The summed E-state index contributed by atoms with van der Waals surface area (Å²) in [5.41, 5.74) is 4.76. The summed E-state index contributed by atoms with van der Waals surface area (Å²) in [6.45, 7) is 8.94. The third-order valence-corrected chi connectivity index (χ3v) is 6.50. The number of likely N-dealkylation sites (N-methyl/N-ethyl adjacent to an activating group) is 1. The number of aliphatic hydroxyl groups is 1. The zero-order chi connectivity index (χ0) is 26.5. The summed E-state index contributed by atoms with van der Waals surface area (Å²) in [6.07, 6.45) is 4.87. The molecule has 2 aliphatic rings. The molecule has 10 heteroatoms. The van der Waals surface area contributed by atoms with Crippen molar-refractivity contribution in [3.63, 3.8) is 0 Å². The van der Waals surface area contributed by atoms with Crippen molar-refractivity contribution in [3.05, 3.63) is 64.0 Å². The van der Waals surface area contributed by atoms with Gasteiger partial charge in [-0.2, -0.15) is 0 Å². The molecule has 3 rings (SSSR count). The van der Waals surface area contributed by atoms with Gasteiger partial charge in [-0.15, -0.1) is 11.8 Å². The van der Waals surface area contributed by atoms with Crippen LogP contribution in [0.3, 0.4) is 0 Å². The Kier molecular flexibility index (Phi) is 9.51. The normalized spacial score (nSPS) is 17.6. The Morgan fingerprint density at radius 3 is 2.63 bits per heavy atom. The molecule has 2 aliphatic heterocycles. The molecule has 5 N–H and O–H groups in total. The van der Waals surface area contributed by atoms with Crippen LogP contribution in [-0.2, 0) is 15.2 Å². The number of halogens is 2. The smallest absolute Gasteiger partial charge is 0.249 e. The molecule has 192 valence electrons. The van der Waals surface area contributed by atoms with E-state index < -0.39 is 29.2 Å².